The normalized spacial score (nSPS) is 20.6. The lowest BCUT2D eigenvalue weighted by molar-refractivity contribution is 0.0692. The molecule has 1 unspecified atom stereocenters. The lowest BCUT2D eigenvalue weighted by Gasteiger charge is -2.35. The fraction of sp³-hybridized carbons (Fsp3) is 0.500. The molecule has 1 fully saturated rings. The van der Waals surface area contributed by atoms with Gasteiger partial charge >= 0.3 is 5.97 Å². The van der Waals surface area contributed by atoms with E-state index in [-0.39, 0.29) is 16.5 Å². The van der Waals surface area contributed by atoms with Gasteiger partial charge in [0.15, 0.2) is 0 Å². The van der Waals surface area contributed by atoms with Crippen LogP contribution in [0.5, 0.6) is 0 Å². The Kier molecular flexibility index (Phi) is 4.65. The molecule has 2 rings (SSSR count). The highest BCUT2D eigenvalue weighted by molar-refractivity contribution is 7.89. The number of piperidine rings is 1. The summed E-state index contributed by atoms with van der Waals surface area (Å²) in [5.74, 6) is -1.23. The van der Waals surface area contributed by atoms with E-state index in [4.69, 9.17) is 0 Å². The predicted molar refractivity (Wildman–Crippen MR) is 78.9 cm³/mol. The molecule has 7 heteroatoms. The number of rotatable bonds is 4. The summed E-state index contributed by atoms with van der Waals surface area (Å²) in [5, 5.41) is 9.17. The summed E-state index contributed by atoms with van der Waals surface area (Å²) in [6, 6.07) is 5.60. The van der Waals surface area contributed by atoms with Crippen LogP contribution in [0.4, 0.5) is 0 Å². The first kappa shape index (κ1) is 15.9. The van der Waals surface area contributed by atoms with E-state index in [1.165, 1.54) is 29.6 Å². The van der Waals surface area contributed by atoms with E-state index < -0.39 is 16.0 Å². The lowest BCUT2D eigenvalue weighted by Crippen LogP contribution is -2.47. The van der Waals surface area contributed by atoms with Gasteiger partial charge in [-0.3, -0.25) is 0 Å². The Morgan fingerprint density at radius 2 is 2.05 bits per heavy atom. The molecule has 1 aromatic rings. The van der Waals surface area contributed by atoms with E-state index in [0.717, 1.165) is 19.4 Å². The number of carboxylic acids is 1. The van der Waals surface area contributed by atoms with E-state index >= 15 is 0 Å². The first-order valence-electron chi connectivity index (χ1n) is 6.83. The fourth-order valence-electron chi connectivity index (χ4n) is 2.66. The van der Waals surface area contributed by atoms with Crippen molar-refractivity contribution in [1.82, 2.24) is 9.21 Å². The molecule has 6 nitrogen and oxygen atoms in total. The molecule has 0 bridgehead atoms. The summed E-state index contributed by atoms with van der Waals surface area (Å²) < 4.78 is 26.7. The van der Waals surface area contributed by atoms with Crippen LogP contribution in [0.1, 0.15) is 23.2 Å². The minimum Gasteiger partial charge on any atom is -0.478 e. The highest BCUT2D eigenvalue weighted by atomic mass is 32.2. The van der Waals surface area contributed by atoms with Gasteiger partial charge in [0.25, 0.3) is 0 Å². The maximum Gasteiger partial charge on any atom is 0.337 e. The van der Waals surface area contributed by atoms with Crippen molar-refractivity contribution in [2.75, 3.05) is 27.2 Å². The first-order valence-corrected chi connectivity index (χ1v) is 8.27. The van der Waals surface area contributed by atoms with Gasteiger partial charge in [0, 0.05) is 19.6 Å². The second-order valence-electron chi connectivity index (χ2n) is 5.38. The number of carbonyl (C=O) groups is 1. The van der Waals surface area contributed by atoms with Gasteiger partial charge in [-0.2, -0.15) is 4.31 Å². The van der Waals surface area contributed by atoms with Crippen molar-refractivity contribution < 1.29 is 18.3 Å². The SMILES string of the molecule is CN1CCCC(N(C)S(=O)(=O)c2ccccc2C(=O)O)C1. The van der Waals surface area contributed by atoms with Crippen molar-refractivity contribution in [2.45, 2.75) is 23.8 Å². The van der Waals surface area contributed by atoms with Crippen LogP contribution in [0.3, 0.4) is 0 Å². The van der Waals surface area contributed by atoms with Crippen molar-refractivity contribution >= 4 is 16.0 Å². The fourth-order valence-corrected chi connectivity index (χ4v) is 4.21. The number of likely N-dealkylation sites (tertiary alicyclic amines) is 1. The van der Waals surface area contributed by atoms with Crippen LogP contribution in [0.25, 0.3) is 0 Å². The zero-order valence-corrected chi connectivity index (χ0v) is 13.0. The maximum absolute atomic E-state index is 12.7. The third kappa shape index (κ3) is 3.25. The summed E-state index contributed by atoms with van der Waals surface area (Å²) in [6.45, 7) is 1.61. The van der Waals surface area contributed by atoms with Crippen LogP contribution in [0.2, 0.25) is 0 Å². The van der Waals surface area contributed by atoms with Crippen molar-refractivity contribution in [2.24, 2.45) is 0 Å². The molecule has 116 valence electrons. The predicted octanol–water partition coefficient (Wildman–Crippen LogP) is 1.10. The van der Waals surface area contributed by atoms with Crippen LogP contribution < -0.4 is 0 Å². The summed E-state index contributed by atoms with van der Waals surface area (Å²) in [4.78, 5) is 13.2. The van der Waals surface area contributed by atoms with Gasteiger partial charge in [0.05, 0.1) is 10.5 Å². The standard InChI is InChI=1S/C14H20N2O4S/c1-15-9-5-6-11(10-15)16(2)21(19,20)13-8-4-3-7-12(13)14(17)18/h3-4,7-8,11H,5-6,9-10H2,1-2H3,(H,17,18). The topological polar surface area (TPSA) is 77.9 Å². The van der Waals surface area contributed by atoms with Crippen molar-refractivity contribution in [3.63, 3.8) is 0 Å². The number of sulfonamides is 1. The molecule has 1 saturated heterocycles. The molecule has 1 aromatic carbocycles. The summed E-state index contributed by atoms with van der Waals surface area (Å²) >= 11 is 0. The smallest absolute Gasteiger partial charge is 0.337 e. The summed E-state index contributed by atoms with van der Waals surface area (Å²) in [6.07, 6.45) is 1.72. The van der Waals surface area contributed by atoms with Crippen LogP contribution in [-0.2, 0) is 10.0 Å². The van der Waals surface area contributed by atoms with Gasteiger partial charge in [0.1, 0.15) is 0 Å². The largest absolute Gasteiger partial charge is 0.478 e. The number of benzene rings is 1. The Morgan fingerprint density at radius 1 is 1.38 bits per heavy atom. The molecule has 0 spiro atoms. The highest BCUT2D eigenvalue weighted by Gasteiger charge is 2.32. The average Bonchev–Trinajstić information content (AvgIpc) is 2.46. The Morgan fingerprint density at radius 3 is 2.67 bits per heavy atom. The van der Waals surface area contributed by atoms with E-state index in [1.54, 1.807) is 6.07 Å². The van der Waals surface area contributed by atoms with Crippen LogP contribution in [0, 0.1) is 0 Å². The van der Waals surface area contributed by atoms with Gasteiger partial charge in [-0.05, 0) is 38.6 Å². The summed E-state index contributed by atoms with van der Waals surface area (Å²) in [5.41, 5.74) is -0.187. The Hall–Kier alpha value is -1.44. The monoisotopic (exact) mass is 312 g/mol. The minimum atomic E-state index is -3.81. The molecule has 0 radical (unpaired) electrons. The molecule has 0 amide bonds. The molecule has 1 atom stereocenters. The van der Waals surface area contributed by atoms with Crippen molar-refractivity contribution in [3.8, 4) is 0 Å². The number of aromatic carboxylic acids is 1. The van der Waals surface area contributed by atoms with Gasteiger partial charge in [-0.15, -0.1) is 0 Å². The molecule has 21 heavy (non-hydrogen) atoms. The zero-order chi connectivity index (χ0) is 15.6. The molecule has 1 heterocycles. The van der Waals surface area contributed by atoms with E-state index in [9.17, 15) is 18.3 Å². The van der Waals surface area contributed by atoms with Gasteiger partial charge < -0.3 is 10.0 Å². The van der Waals surface area contributed by atoms with Gasteiger partial charge in [-0.1, -0.05) is 12.1 Å². The Labute approximate surface area is 125 Å². The van der Waals surface area contributed by atoms with Crippen molar-refractivity contribution in [3.05, 3.63) is 29.8 Å². The number of hydrogen-bond donors (Lipinski definition) is 1. The number of hydrogen-bond acceptors (Lipinski definition) is 4. The molecule has 0 saturated carbocycles. The number of likely N-dealkylation sites (N-methyl/N-ethyl adjacent to an activating group) is 2. The molecule has 0 aliphatic carbocycles. The molecule has 1 aliphatic heterocycles. The van der Waals surface area contributed by atoms with Crippen LogP contribution >= 0.6 is 0 Å². The zero-order valence-electron chi connectivity index (χ0n) is 12.2. The second kappa shape index (κ2) is 6.13. The Balaban J connectivity index is 2.35. The third-order valence-electron chi connectivity index (χ3n) is 3.89. The number of nitrogens with zero attached hydrogens (tertiary/aromatic N) is 2. The minimum absolute atomic E-state index is 0.129. The maximum atomic E-state index is 12.7. The van der Waals surface area contributed by atoms with E-state index in [1.807, 2.05) is 7.05 Å². The Bertz CT molecular complexity index is 630. The lowest BCUT2D eigenvalue weighted by atomic mass is 10.1. The van der Waals surface area contributed by atoms with Gasteiger partial charge in [0.2, 0.25) is 10.0 Å². The number of carboxylic acid groups (broad SMARTS) is 1. The molecule has 1 N–H and O–H groups in total. The molecular weight excluding hydrogens is 292 g/mol. The third-order valence-corrected chi connectivity index (χ3v) is 5.86. The first-order chi connectivity index (χ1) is 9.84. The molecule has 1 aliphatic rings. The van der Waals surface area contributed by atoms with Crippen LogP contribution in [0.15, 0.2) is 29.2 Å². The van der Waals surface area contributed by atoms with Gasteiger partial charge in [-0.25, -0.2) is 13.2 Å². The van der Waals surface area contributed by atoms with E-state index in [0.29, 0.717) is 6.54 Å². The highest BCUT2D eigenvalue weighted by Crippen LogP contribution is 2.24. The summed E-state index contributed by atoms with van der Waals surface area (Å²) in [7, 11) is -0.330. The van der Waals surface area contributed by atoms with Crippen LogP contribution in [-0.4, -0.2) is 61.9 Å². The average molecular weight is 312 g/mol. The second-order valence-corrected chi connectivity index (χ2v) is 7.35. The molecular formula is C14H20N2O4S. The van der Waals surface area contributed by atoms with Crippen molar-refractivity contribution in [1.29, 1.82) is 0 Å². The molecule has 0 aromatic heterocycles. The quantitative estimate of drug-likeness (QED) is 0.901. The van der Waals surface area contributed by atoms with E-state index in [2.05, 4.69) is 4.90 Å².